The van der Waals surface area contributed by atoms with E-state index in [1.165, 1.54) is 11.0 Å². The van der Waals surface area contributed by atoms with Gasteiger partial charge < -0.3 is 19.4 Å². The van der Waals surface area contributed by atoms with Gasteiger partial charge in [-0.1, -0.05) is 12.1 Å². The number of amides is 2. The third-order valence-corrected chi connectivity index (χ3v) is 5.31. The molecule has 1 aromatic heterocycles. The summed E-state index contributed by atoms with van der Waals surface area (Å²) in [6, 6.07) is 9.97. The quantitative estimate of drug-likeness (QED) is 0.634. The lowest BCUT2D eigenvalue weighted by molar-refractivity contribution is -0.127. The number of carbonyl (C=O) groups is 2. The molecule has 2 aromatic carbocycles. The predicted octanol–water partition coefficient (Wildman–Crippen LogP) is 4.34. The molecule has 1 fully saturated rings. The van der Waals surface area contributed by atoms with Gasteiger partial charge in [-0.15, -0.1) is 0 Å². The molecule has 2 unspecified atom stereocenters. The molecular formula is C23H22F2N2O4. The van der Waals surface area contributed by atoms with E-state index in [1.807, 2.05) is 31.2 Å². The number of nitrogens with zero attached hydrogens (tertiary/aromatic N) is 1. The zero-order chi connectivity index (χ0) is 22.1. The van der Waals surface area contributed by atoms with Crippen molar-refractivity contribution in [3.8, 4) is 5.75 Å². The highest BCUT2D eigenvalue weighted by molar-refractivity contribution is 6.00. The zero-order valence-electron chi connectivity index (χ0n) is 17.2. The third-order valence-electron chi connectivity index (χ3n) is 5.31. The standard InChI is InChI=1S/C23H22F2N2O4/c1-3-30-19-6-4-5-14-9-20(31-22(14)19)13(2)26-23(29)15-10-21(28)27(12-15)18-8-7-16(24)11-17(18)25/h4-9,11,13,15H,3,10,12H2,1-2H3,(H,26,29). The fraction of sp³-hybridized carbons (Fsp3) is 0.304. The minimum absolute atomic E-state index is 0.0224. The second-order valence-corrected chi connectivity index (χ2v) is 7.49. The lowest BCUT2D eigenvalue weighted by Crippen LogP contribution is -2.34. The van der Waals surface area contributed by atoms with Gasteiger partial charge in [-0.2, -0.15) is 0 Å². The molecule has 3 aromatic rings. The van der Waals surface area contributed by atoms with Gasteiger partial charge >= 0.3 is 0 Å². The van der Waals surface area contributed by atoms with Crippen LogP contribution < -0.4 is 15.0 Å². The van der Waals surface area contributed by atoms with Crippen LogP contribution in [0.4, 0.5) is 14.5 Å². The molecule has 0 spiro atoms. The predicted molar refractivity (Wildman–Crippen MR) is 111 cm³/mol. The first-order valence-electron chi connectivity index (χ1n) is 10.1. The van der Waals surface area contributed by atoms with E-state index < -0.39 is 23.6 Å². The van der Waals surface area contributed by atoms with Crippen LogP contribution in [0.3, 0.4) is 0 Å². The van der Waals surface area contributed by atoms with Gasteiger partial charge in [0.2, 0.25) is 11.8 Å². The van der Waals surface area contributed by atoms with E-state index in [0.717, 1.165) is 17.5 Å². The van der Waals surface area contributed by atoms with E-state index in [1.54, 1.807) is 6.92 Å². The Morgan fingerprint density at radius 2 is 2.10 bits per heavy atom. The van der Waals surface area contributed by atoms with E-state index in [-0.39, 0.29) is 30.5 Å². The minimum Gasteiger partial charge on any atom is -0.490 e. The highest BCUT2D eigenvalue weighted by Crippen LogP contribution is 2.32. The van der Waals surface area contributed by atoms with Gasteiger partial charge in [-0.05, 0) is 38.1 Å². The molecule has 1 N–H and O–H groups in total. The molecule has 0 saturated carbocycles. The first-order valence-corrected chi connectivity index (χ1v) is 10.1. The number of anilines is 1. The summed E-state index contributed by atoms with van der Waals surface area (Å²) in [6.07, 6.45) is -0.0516. The summed E-state index contributed by atoms with van der Waals surface area (Å²) < 4.78 is 38.7. The van der Waals surface area contributed by atoms with Crippen molar-refractivity contribution in [1.29, 1.82) is 0 Å². The maximum Gasteiger partial charge on any atom is 0.227 e. The average Bonchev–Trinajstić information content (AvgIpc) is 3.33. The van der Waals surface area contributed by atoms with Crippen LogP contribution in [0.1, 0.15) is 32.1 Å². The molecule has 4 rings (SSSR count). The summed E-state index contributed by atoms with van der Waals surface area (Å²) in [5, 5.41) is 3.72. The van der Waals surface area contributed by atoms with Gasteiger partial charge in [0.1, 0.15) is 17.4 Å². The highest BCUT2D eigenvalue weighted by Gasteiger charge is 2.37. The Labute approximate surface area is 177 Å². The normalized spacial score (nSPS) is 17.2. The molecular weight excluding hydrogens is 406 g/mol. The molecule has 162 valence electrons. The minimum atomic E-state index is -0.838. The number of rotatable bonds is 6. The summed E-state index contributed by atoms with van der Waals surface area (Å²) in [5.74, 6) is -1.75. The maximum atomic E-state index is 14.1. The number of hydrogen-bond acceptors (Lipinski definition) is 4. The molecule has 2 atom stereocenters. The number of carbonyl (C=O) groups excluding carboxylic acids is 2. The lowest BCUT2D eigenvalue weighted by Gasteiger charge is -2.18. The molecule has 1 aliphatic rings. The number of benzene rings is 2. The number of fused-ring (bicyclic) bond motifs is 1. The summed E-state index contributed by atoms with van der Waals surface area (Å²) in [5.41, 5.74) is 0.574. The van der Waals surface area contributed by atoms with Crippen LogP contribution in [0.25, 0.3) is 11.0 Å². The van der Waals surface area contributed by atoms with Crippen molar-refractivity contribution >= 4 is 28.5 Å². The van der Waals surface area contributed by atoms with Crippen LogP contribution in [-0.4, -0.2) is 25.0 Å². The Morgan fingerprint density at radius 3 is 2.84 bits per heavy atom. The van der Waals surface area contributed by atoms with Crippen LogP contribution in [0, 0.1) is 17.6 Å². The van der Waals surface area contributed by atoms with E-state index >= 15 is 0 Å². The highest BCUT2D eigenvalue weighted by atomic mass is 19.1. The maximum absolute atomic E-state index is 14.1. The van der Waals surface area contributed by atoms with Gasteiger partial charge in [-0.3, -0.25) is 9.59 Å². The number of furan rings is 1. The Bertz CT molecular complexity index is 1140. The van der Waals surface area contributed by atoms with Gasteiger partial charge in [0.25, 0.3) is 0 Å². The monoisotopic (exact) mass is 428 g/mol. The molecule has 1 aliphatic heterocycles. The van der Waals surface area contributed by atoms with Crippen molar-refractivity contribution in [3.05, 3.63) is 59.9 Å². The van der Waals surface area contributed by atoms with Crippen molar-refractivity contribution in [2.24, 2.45) is 5.92 Å². The molecule has 1 saturated heterocycles. The first kappa shape index (κ1) is 20.8. The third kappa shape index (κ3) is 4.10. The summed E-state index contributed by atoms with van der Waals surface area (Å²) >= 11 is 0. The largest absolute Gasteiger partial charge is 0.490 e. The van der Waals surface area contributed by atoms with Gasteiger partial charge in [0.05, 0.1) is 24.3 Å². The van der Waals surface area contributed by atoms with Crippen LogP contribution in [0.2, 0.25) is 0 Å². The van der Waals surface area contributed by atoms with Crippen molar-refractivity contribution in [2.75, 3.05) is 18.1 Å². The molecule has 0 bridgehead atoms. The number of halogens is 2. The van der Waals surface area contributed by atoms with E-state index in [9.17, 15) is 18.4 Å². The topological polar surface area (TPSA) is 71.8 Å². The first-order chi connectivity index (χ1) is 14.9. The molecule has 6 nitrogen and oxygen atoms in total. The Kier molecular flexibility index (Phi) is 5.63. The Morgan fingerprint density at radius 1 is 1.29 bits per heavy atom. The number of ether oxygens (including phenoxy) is 1. The Balaban J connectivity index is 1.46. The van der Waals surface area contributed by atoms with E-state index in [2.05, 4.69) is 5.32 Å². The zero-order valence-corrected chi connectivity index (χ0v) is 17.2. The molecule has 31 heavy (non-hydrogen) atoms. The van der Waals surface area contributed by atoms with Crippen LogP contribution in [0.5, 0.6) is 5.75 Å². The van der Waals surface area contributed by atoms with Gasteiger partial charge in [-0.25, -0.2) is 8.78 Å². The van der Waals surface area contributed by atoms with Crippen LogP contribution >= 0.6 is 0 Å². The van der Waals surface area contributed by atoms with Crippen LogP contribution in [0.15, 0.2) is 46.9 Å². The molecule has 2 amide bonds. The van der Waals surface area contributed by atoms with Crippen molar-refractivity contribution in [3.63, 3.8) is 0 Å². The van der Waals surface area contributed by atoms with Crippen LogP contribution in [-0.2, 0) is 9.59 Å². The molecule has 0 aliphatic carbocycles. The number of hydrogen-bond donors (Lipinski definition) is 1. The van der Waals surface area contributed by atoms with Gasteiger partial charge in [0.15, 0.2) is 11.3 Å². The summed E-state index contributed by atoms with van der Waals surface area (Å²) in [6.45, 7) is 4.19. The number of nitrogens with one attached hydrogen (secondary N) is 1. The van der Waals surface area contributed by atoms with Crippen molar-refractivity contribution < 1.29 is 27.5 Å². The molecule has 2 heterocycles. The Hall–Kier alpha value is -3.42. The van der Waals surface area contributed by atoms with Crippen molar-refractivity contribution in [2.45, 2.75) is 26.3 Å². The molecule has 8 heteroatoms. The van der Waals surface area contributed by atoms with Gasteiger partial charge in [0, 0.05) is 24.4 Å². The smallest absolute Gasteiger partial charge is 0.227 e. The summed E-state index contributed by atoms with van der Waals surface area (Å²) in [4.78, 5) is 26.3. The second-order valence-electron chi connectivity index (χ2n) is 7.49. The summed E-state index contributed by atoms with van der Waals surface area (Å²) in [7, 11) is 0. The molecule has 0 radical (unpaired) electrons. The number of para-hydroxylation sites is 1. The average molecular weight is 428 g/mol. The lowest BCUT2D eigenvalue weighted by atomic mass is 10.1. The second kappa shape index (κ2) is 8.37. The SMILES string of the molecule is CCOc1cccc2cc(C(C)NC(=O)C3CC(=O)N(c4ccc(F)cc4F)C3)oc12. The van der Waals surface area contributed by atoms with Crippen molar-refractivity contribution in [1.82, 2.24) is 5.32 Å². The fourth-order valence-electron chi connectivity index (χ4n) is 3.76. The van der Waals surface area contributed by atoms with E-state index in [4.69, 9.17) is 9.15 Å². The van der Waals surface area contributed by atoms with E-state index in [0.29, 0.717) is 23.7 Å². The fourth-order valence-corrected chi connectivity index (χ4v) is 3.76.